The Balaban J connectivity index is 1.16. The minimum Gasteiger partial charge on any atom is -0.446 e. The summed E-state index contributed by atoms with van der Waals surface area (Å²) in [6.07, 6.45) is 6.06. The van der Waals surface area contributed by atoms with Crippen molar-refractivity contribution in [3.63, 3.8) is 0 Å². The largest absolute Gasteiger partial charge is 0.446 e. The molecule has 13 nitrogen and oxygen atoms in total. The summed E-state index contributed by atoms with van der Waals surface area (Å²) in [7, 11) is -3.89. The average molecular weight is 774 g/mol. The van der Waals surface area contributed by atoms with Gasteiger partial charge in [-0.2, -0.15) is 0 Å². The van der Waals surface area contributed by atoms with Crippen LogP contribution in [0.25, 0.3) is 11.1 Å². The number of benzene rings is 2. The SMILES string of the molecule is C=CC[C@@H]1C[C@]1(NC(=O)[C@@H]1C[C@@H](ON=C2c3ccccc3-c3ccccc32)CN1C(=O)[C@@H](NC(=O)OC1CCCCC1)C(C)(C)C)C(=O)NS(=O)(=O)C1CC1. The number of nitrogens with one attached hydrogen (secondary N) is 3. The van der Waals surface area contributed by atoms with Crippen molar-refractivity contribution >= 4 is 39.5 Å². The summed E-state index contributed by atoms with van der Waals surface area (Å²) >= 11 is 0. The van der Waals surface area contributed by atoms with Gasteiger partial charge in [0.05, 0.1) is 11.8 Å². The van der Waals surface area contributed by atoms with Crippen LogP contribution in [-0.4, -0.2) is 84.5 Å². The molecule has 4 amide bonds. The summed E-state index contributed by atoms with van der Waals surface area (Å²) in [4.78, 5) is 63.5. The molecule has 0 spiro atoms. The Morgan fingerprint density at radius 2 is 1.56 bits per heavy atom. The number of sulfonamides is 1. The van der Waals surface area contributed by atoms with Gasteiger partial charge in [-0.25, -0.2) is 13.2 Å². The highest BCUT2D eigenvalue weighted by Gasteiger charge is 2.62. The van der Waals surface area contributed by atoms with E-state index in [4.69, 9.17) is 9.57 Å². The molecule has 4 fully saturated rings. The van der Waals surface area contributed by atoms with Crippen LogP contribution in [0.3, 0.4) is 0 Å². The van der Waals surface area contributed by atoms with Crippen molar-refractivity contribution in [1.82, 2.24) is 20.3 Å². The number of oxime groups is 1. The number of alkyl carbamates (subject to hydrolysis) is 1. The highest BCUT2D eigenvalue weighted by molar-refractivity contribution is 7.91. The lowest BCUT2D eigenvalue weighted by molar-refractivity contribution is -0.143. The van der Waals surface area contributed by atoms with Gasteiger partial charge in [0, 0.05) is 17.5 Å². The van der Waals surface area contributed by atoms with Crippen LogP contribution in [0.2, 0.25) is 0 Å². The molecule has 7 rings (SSSR count). The maximum Gasteiger partial charge on any atom is 0.408 e. The second-order valence-corrected chi connectivity index (χ2v) is 18.6. The summed E-state index contributed by atoms with van der Waals surface area (Å²) < 4.78 is 33.5. The first kappa shape index (κ1) is 38.6. The third-order valence-electron chi connectivity index (χ3n) is 11.5. The predicted octanol–water partition coefficient (Wildman–Crippen LogP) is 4.94. The number of ether oxygens (including phenoxy) is 1. The molecule has 3 saturated carbocycles. The molecule has 0 radical (unpaired) electrons. The minimum atomic E-state index is -3.89. The Morgan fingerprint density at radius 3 is 2.15 bits per heavy atom. The number of allylic oxidation sites excluding steroid dienone is 1. The lowest BCUT2D eigenvalue weighted by Crippen LogP contribution is -2.60. The molecule has 1 saturated heterocycles. The molecule has 2 aromatic rings. The van der Waals surface area contributed by atoms with E-state index in [1.807, 2.05) is 69.3 Å². The van der Waals surface area contributed by atoms with E-state index in [2.05, 4.69) is 27.1 Å². The van der Waals surface area contributed by atoms with Gasteiger partial charge in [0.25, 0.3) is 5.91 Å². The first-order valence-electron chi connectivity index (χ1n) is 19.4. The highest BCUT2D eigenvalue weighted by Crippen LogP contribution is 2.47. The van der Waals surface area contributed by atoms with Crippen molar-refractivity contribution in [2.24, 2.45) is 16.5 Å². The third kappa shape index (κ3) is 8.01. The van der Waals surface area contributed by atoms with Gasteiger partial charge in [-0.1, -0.05) is 87.0 Å². The van der Waals surface area contributed by atoms with Gasteiger partial charge in [0.1, 0.15) is 35.5 Å². The van der Waals surface area contributed by atoms with Crippen molar-refractivity contribution < 1.29 is 37.2 Å². The lowest BCUT2D eigenvalue weighted by Gasteiger charge is -2.35. The number of nitrogens with zero attached hydrogens (tertiary/aromatic N) is 2. The van der Waals surface area contributed by atoms with Crippen LogP contribution in [0.1, 0.15) is 96.1 Å². The molecule has 0 unspecified atom stereocenters. The van der Waals surface area contributed by atoms with Crippen LogP contribution in [0.5, 0.6) is 0 Å². The van der Waals surface area contributed by atoms with Crippen molar-refractivity contribution in [3.05, 3.63) is 72.3 Å². The number of likely N-dealkylation sites (tertiary alicyclic amines) is 1. The Bertz CT molecular complexity index is 1950. The smallest absolute Gasteiger partial charge is 0.408 e. The first-order valence-corrected chi connectivity index (χ1v) is 21.0. The molecular formula is C41H51N5O8S. The highest BCUT2D eigenvalue weighted by atomic mass is 32.2. The summed E-state index contributed by atoms with van der Waals surface area (Å²) in [5, 5.41) is 9.65. The van der Waals surface area contributed by atoms with E-state index in [1.54, 1.807) is 6.08 Å². The van der Waals surface area contributed by atoms with Crippen LogP contribution in [0, 0.1) is 11.3 Å². The molecule has 1 aliphatic heterocycles. The quantitative estimate of drug-likeness (QED) is 0.172. The van der Waals surface area contributed by atoms with Crippen LogP contribution in [-0.2, 0) is 34.0 Å². The zero-order valence-corrected chi connectivity index (χ0v) is 32.5. The number of carbonyl (C=O) groups excluding carboxylic acids is 4. The monoisotopic (exact) mass is 773 g/mol. The van der Waals surface area contributed by atoms with E-state index >= 15 is 0 Å². The molecule has 0 aromatic heterocycles. The second-order valence-electron chi connectivity index (χ2n) is 16.7. The molecule has 3 N–H and O–H groups in total. The van der Waals surface area contributed by atoms with Gasteiger partial charge in [-0.05, 0) is 73.8 Å². The third-order valence-corrected chi connectivity index (χ3v) is 13.3. The summed E-state index contributed by atoms with van der Waals surface area (Å²) in [5.41, 5.74) is 2.18. The normalized spacial score (nSPS) is 25.2. The topological polar surface area (TPSA) is 173 Å². The Hall–Kier alpha value is -4.72. The number of carbonyl (C=O) groups is 4. The fourth-order valence-electron chi connectivity index (χ4n) is 8.17. The lowest BCUT2D eigenvalue weighted by atomic mass is 9.85. The van der Waals surface area contributed by atoms with Gasteiger partial charge in [0.2, 0.25) is 21.8 Å². The van der Waals surface area contributed by atoms with Gasteiger partial charge >= 0.3 is 6.09 Å². The first-order chi connectivity index (χ1) is 26.2. The van der Waals surface area contributed by atoms with Gasteiger partial charge in [-0.15, -0.1) is 6.58 Å². The Labute approximate surface area is 322 Å². The van der Waals surface area contributed by atoms with E-state index in [1.165, 1.54) is 4.90 Å². The molecule has 5 atom stereocenters. The number of hydrogen-bond donors (Lipinski definition) is 3. The molecule has 2 aromatic carbocycles. The molecular weight excluding hydrogens is 723 g/mol. The van der Waals surface area contributed by atoms with Crippen molar-refractivity contribution in [1.29, 1.82) is 0 Å². The summed E-state index contributed by atoms with van der Waals surface area (Å²) in [6.45, 7) is 9.20. The maximum absolute atomic E-state index is 14.6. The second kappa shape index (κ2) is 15.1. The van der Waals surface area contributed by atoms with E-state index in [9.17, 15) is 27.6 Å². The standard InChI is InChI=1S/C41H51N5O8S/c1-5-13-25-23-41(25,38(49)45-55(51,52)28-20-21-28)43-36(47)33-22-27(54-44-34-31-18-11-9-16-29(31)30-17-10-12-19-32(30)34)24-46(33)37(48)35(40(2,3)4)42-39(50)53-26-14-7-6-8-15-26/h5,9-12,16-19,25-28,33,35H,1,6-8,13-15,20-24H2,2-4H3,(H,42,50)(H,43,47)(H,45,49)/t25-,27-,33+,35-,41-/m1/s1. The van der Waals surface area contributed by atoms with Crippen LogP contribution >= 0.6 is 0 Å². The molecule has 0 bridgehead atoms. The minimum absolute atomic E-state index is 0.0330. The maximum atomic E-state index is 14.6. The van der Waals surface area contributed by atoms with Crippen LogP contribution in [0.15, 0.2) is 66.3 Å². The summed E-state index contributed by atoms with van der Waals surface area (Å²) in [6, 6.07) is 13.5. The summed E-state index contributed by atoms with van der Waals surface area (Å²) in [5.74, 6) is -2.33. The zero-order valence-electron chi connectivity index (χ0n) is 31.7. The fourth-order valence-corrected chi connectivity index (χ4v) is 9.54. The molecule has 1 heterocycles. The molecule has 5 aliphatic rings. The van der Waals surface area contributed by atoms with Gasteiger partial charge in [0.15, 0.2) is 0 Å². The average Bonchev–Trinajstić information content (AvgIpc) is 4.06. The van der Waals surface area contributed by atoms with Crippen LogP contribution < -0.4 is 15.4 Å². The van der Waals surface area contributed by atoms with Gasteiger partial charge < -0.3 is 25.1 Å². The van der Waals surface area contributed by atoms with E-state index in [0.717, 1.165) is 54.4 Å². The Kier molecular flexibility index (Phi) is 10.6. The molecule has 14 heteroatoms. The number of amides is 4. The van der Waals surface area contributed by atoms with Crippen molar-refractivity contribution in [3.8, 4) is 11.1 Å². The fraction of sp³-hybridized carbons (Fsp3) is 0.537. The van der Waals surface area contributed by atoms with E-state index in [0.29, 0.717) is 25.0 Å². The molecule has 294 valence electrons. The number of hydrogen-bond acceptors (Lipinski definition) is 9. The Morgan fingerprint density at radius 1 is 0.945 bits per heavy atom. The van der Waals surface area contributed by atoms with E-state index < -0.39 is 68.2 Å². The number of rotatable bonds is 12. The van der Waals surface area contributed by atoms with Crippen LogP contribution in [0.4, 0.5) is 4.79 Å². The van der Waals surface area contributed by atoms with Gasteiger partial charge in [-0.3, -0.25) is 19.1 Å². The van der Waals surface area contributed by atoms with Crippen molar-refractivity contribution in [2.75, 3.05) is 6.54 Å². The van der Waals surface area contributed by atoms with E-state index in [-0.39, 0.29) is 31.4 Å². The molecule has 4 aliphatic carbocycles. The number of fused-ring (bicyclic) bond motifs is 3. The van der Waals surface area contributed by atoms with Crippen molar-refractivity contribution in [2.45, 2.75) is 120 Å². The predicted molar refractivity (Wildman–Crippen MR) is 206 cm³/mol. The molecule has 55 heavy (non-hydrogen) atoms. The zero-order chi connectivity index (χ0) is 39.1.